The maximum absolute atomic E-state index is 12.9. The fourth-order valence-electron chi connectivity index (χ4n) is 3.27. The van der Waals surface area contributed by atoms with Crippen LogP contribution in [0.3, 0.4) is 0 Å². The Labute approximate surface area is 204 Å². The van der Waals surface area contributed by atoms with Crippen LogP contribution in [0, 0.1) is 6.92 Å². The molecule has 0 aromatic heterocycles. The monoisotopic (exact) mass is 499 g/mol. The Morgan fingerprint density at radius 3 is 2.24 bits per heavy atom. The van der Waals surface area contributed by atoms with Crippen LogP contribution in [0.1, 0.15) is 15.9 Å². The topological polar surface area (TPSA) is 78.5 Å². The maximum atomic E-state index is 12.9. The second-order valence-electron chi connectivity index (χ2n) is 7.20. The van der Waals surface area contributed by atoms with E-state index in [0.717, 1.165) is 10.5 Å². The lowest BCUT2D eigenvalue weighted by molar-refractivity contribution is -0.120. The summed E-state index contributed by atoms with van der Waals surface area (Å²) in [6.45, 7) is 1.85. The average Bonchev–Trinajstić information content (AvgIpc) is 3.00. The van der Waals surface area contributed by atoms with Crippen LogP contribution in [0.4, 0.5) is 17.1 Å². The molecule has 0 fully saturated rings. The number of imide groups is 1. The first-order valence-electron chi connectivity index (χ1n) is 9.74. The molecule has 4 rings (SSSR count). The first kappa shape index (κ1) is 22.9. The Kier molecular flexibility index (Phi) is 6.42. The molecule has 1 aliphatic heterocycles. The zero-order valence-corrected chi connectivity index (χ0v) is 19.4. The third kappa shape index (κ3) is 4.59. The Morgan fingerprint density at radius 1 is 0.879 bits per heavy atom. The van der Waals surface area contributed by atoms with Gasteiger partial charge in [-0.3, -0.25) is 14.4 Å². The Hall–Kier alpha value is -3.32. The van der Waals surface area contributed by atoms with E-state index in [9.17, 15) is 14.4 Å². The van der Waals surface area contributed by atoms with Crippen molar-refractivity contribution >= 4 is 69.6 Å². The standard InChI is InChI=1S/C24H16Cl3N3O3/c1-13-12-15(25)8-11-18(13)29-22(31)14-6-9-16(10-7-14)28-21-20(27)23(32)30(24(21)33)19-5-3-2-4-17(19)26/h2-12,28H,1H3,(H,29,31). The number of carbonyl (C=O) groups excluding carboxylic acids is 3. The minimum Gasteiger partial charge on any atom is -0.350 e. The fraction of sp³-hybridized carbons (Fsp3) is 0.0417. The van der Waals surface area contributed by atoms with Crippen LogP contribution in [-0.4, -0.2) is 17.7 Å². The number of rotatable bonds is 5. The summed E-state index contributed by atoms with van der Waals surface area (Å²) in [6.07, 6.45) is 0. The third-order valence-electron chi connectivity index (χ3n) is 4.97. The molecule has 0 spiro atoms. The highest BCUT2D eigenvalue weighted by molar-refractivity contribution is 6.53. The van der Waals surface area contributed by atoms with Crippen molar-refractivity contribution in [1.29, 1.82) is 0 Å². The van der Waals surface area contributed by atoms with Crippen LogP contribution in [-0.2, 0) is 9.59 Å². The molecule has 9 heteroatoms. The molecule has 2 N–H and O–H groups in total. The zero-order valence-electron chi connectivity index (χ0n) is 17.2. The molecule has 0 aliphatic carbocycles. The molecule has 1 heterocycles. The van der Waals surface area contributed by atoms with Gasteiger partial charge in [0.1, 0.15) is 10.7 Å². The van der Waals surface area contributed by atoms with Gasteiger partial charge in [0.15, 0.2) is 0 Å². The van der Waals surface area contributed by atoms with E-state index in [0.29, 0.717) is 22.0 Å². The molecule has 0 radical (unpaired) electrons. The van der Waals surface area contributed by atoms with Gasteiger partial charge in [-0.2, -0.15) is 0 Å². The van der Waals surface area contributed by atoms with E-state index in [1.807, 2.05) is 6.92 Å². The number of aryl methyl sites for hydroxylation is 1. The van der Waals surface area contributed by atoms with E-state index < -0.39 is 11.8 Å². The number of para-hydroxylation sites is 1. The molecule has 1 aliphatic rings. The smallest absolute Gasteiger partial charge is 0.283 e. The van der Waals surface area contributed by atoms with E-state index in [-0.39, 0.29) is 27.3 Å². The van der Waals surface area contributed by atoms with E-state index >= 15 is 0 Å². The summed E-state index contributed by atoms with van der Waals surface area (Å²) in [5, 5.41) is 6.28. The van der Waals surface area contributed by atoms with Gasteiger partial charge < -0.3 is 10.6 Å². The van der Waals surface area contributed by atoms with Crippen molar-refractivity contribution < 1.29 is 14.4 Å². The summed E-state index contributed by atoms with van der Waals surface area (Å²) in [7, 11) is 0. The number of amides is 3. The molecule has 0 atom stereocenters. The fourth-order valence-corrected chi connectivity index (χ4v) is 3.93. The first-order valence-corrected chi connectivity index (χ1v) is 10.9. The van der Waals surface area contributed by atoms with E-state index in [1.54, 1.807) is 66.7 Å². The maximum Gasteiger partial charge on any atom is 0.283 e. The number of hydrogen-bond acceptors (Lipinski definition) is 4. The van der Waals surface area contributed by atoms with Gasteiger partial charge in [-0.1, -0.05) is 46.9 Å². The Morgan fingerprint density at radius 2 is 1.58 bits per heavy atom. The number of anilines is 3. The molecule has 6 nitrogen and oxygen atoms in total. The van der Waals surface area contributed by atoms with Crippen LogP contribution < -0.4 is 15.5 Å². The van der Waals surface area contributed by atoms with Gasteiger partial charge in [-0.15, -0.1) is 0 Å². The van der Waals surface area contributed by atoms with Crippen molar-refractivity contribution in [2.45, 2.75) is 6.92 Å². The summed E-state index contributed by atoms with van der Waals surface area (Å²) in [5.41, 5.74) is 2.54. The van der Waals surface area contributed by atoms with Gasteiger partial charge in [-0.05, 0) is 67.1 Å². The molecule has 3 aromatic carbocycles. The number of nitrogens with one attached hydrogen (secondary N) is 2. The molecule has 0 bridgehead atoms. The summed E-state index contributed by atoms with van der Waals surface area (Å²) in [5.74, 6) is -1.61. The van der Waals surface area contributed by atoms with Crippen LogP contribution in [0.25, 0.3) is 0 Å². The van der Waals surface area contributed by atoms with Gasteiger partial charge in [0.2, 0.25) is 0 Å². The van der Waals surface area contributed by atoms with Crippen molar-refractivity contribution in [2.75, 3.05) is 15.5 Å². The SMILES string of the molecule is Cc1cc(Cl)ccc1NC(=O)c1ccc(NC2=C(Cl)C(=O)N(c3ccccc3Cl)C2=O)cc1. The molecule has 0 saturated carbocycles. The normalized spacial score (nSPS) is 13.5. The Balaban J connectivity index is 1.49. The lowest BCUT2D eigenvalue weighted by Crippen LogP contribution is -2.32. The van der Waals surface area contributed by atoms with Crippen LogP contribution in [0.5, 0.6) is 0 Å². The van der Waals surface area contributed by atoms with Crippen LogP contribution >= 0.6 is 34.8 Å². The van der Waals surface area contributed by atoms with Crippen LogP contribution in [0.2, 0.25) is 10.0 Å². The summed E-state index contributed by atoms with van der Waals surface area (Å²) in [4.78, 5) is 39.0. The van der Waals surface area contributed by atoms with Crippen molar-refractivity contribution in [3.63, 3.8) is 0 Å². The average molecular weight is 501 g/mol. The zero-order chi connectivity index (χ0) is 23.7. The number of nitrogens with zero attached hydrogens (tertiary/aromatic N) is 1. The minimum absolute atomic E-state index is 0.0735. The first-order chi connectivity index (χ1) is 15.8. The summed E-state index contributed by atoms with van der Waals surface area (Å²) < 4.78 is 0. The minimum atomic E-state index is -0.674. The summed E-state index contributed by atoms with van der Waals surface area (Å²) in [6, 6.07) is 18.1. The summed E-state index contributed by atoms with van der Waals surface area (Å²) >= 11 is 18.2. The van der Waals surface area contributed by atoms with E-state index in [2.05, 4.69) is 10.6 Å². The largest absolute Gasteiger partial charge is 0.350 e. The van der Waals surface area contributed by atoms with Gasteiger partial charge in [0, 0.05) is 22.0 Å². The van der Waals surface area contributed by atoms with Gasteiger partial charge in [-0.25, -0.2) is 4.90 Å². The lowest BCUT2D eigenvalue weighted by atomic mass is 10.1. The van der Waals surface area contributed by atoms with E-state index in [4.69, 9.17) is 34.8 Å². The highest BCUT2D eigenvalue weighted by Crippen LogP contribution is 2.34. The van der Waals surface area contributed by atoms with Crippen molar-refractivity contribution in [3.05, 3.63) is 98.6 Å². The number of halogens is 3. The van der Waals surface area contributed by atoms with Crippen molar-refractivity contribution in [2.24, 2.45) is 0 Å². The molecule has 0 unspecified atom stereocenters. The number of benzene rings is 3. The lowest BCUT2D eigenvalue weighted by Gasteiger charge is -2.16. The van der Waals surface area contributed by atoms with Gasteiger partial charge in [0.25, 0.3) is 17.7 Å². The van der Waals surface area contributed by atoms with Crippen molar-refractivity contribution in [1.82, 2.24) is 0 Å². The highest BCUT2D eigenvalue weighted by Gasteiger charge is 2.39. The molecular weight excluding hydrogens is 485 g/mol. The van der Waals surface area contributed by atoms with Gasteiger partial charge >= 0.3 is 0 Å². The van der Waals surface area contributed by atoms with Gasteiger partial charge in [0.05, 0.1) is 10.7 Å². The number of hydrogen-bond donors (Lipinski definition) is 2. The molecular formula is C24H16Cl3N3O3. The third-order valence-corrected chi connectivity index (χ3v) is 5.88. The van der Waals surface area contributed by atoms with Crippen molar-refractivity contribution in [3.8, 4) is 0 Å². The molecule has 33 heavy (non-hydrogen) atoms. The Bertz CT molecular complexity index is 1320. The quantitative estimate of drug-likeness (QED) is 0.422. The molecule has 3 aromatic rings. The van der Waals surface area contributed by atoms with Crippen LogP contribution in [0.15, 0.2) is 77.5 Å². The molecule has 3 amide bonds. The molecule has 166 valence electrons. The number of carbonyl (C=O) groups is 3. The highest BCUT2D eigenvalue weighted by atomic mass is 35.5. The van der Waals surface area contributed by atoms with E-state index in [1.165, 1.54) is 0 Å². The predicted octanol–water partition coefficient (Wildman–Crippen LogP) is 5.99. The predicted molar refractivity (Wildman–Crippen MR) is 131 cm³/mol. The second kappa shape index (κ2) is 9.27. The second-order valence-corrected chi connectivity index (χ2v) is 8.42. The molecule has 0 saturated heterocycles.